The highest BCUT2D eigenvalue weighted by molar-refractivity contribution is 6.32. The number of carbonyl (C=O) groups excluding carboxylic acids is 1. The number of aromatic nitrogens is 1. The molecule has 1 aliphatic heterocycles. The van der Waals surface area contributed by atoms with Crippen molar-refractivity contribution in [3.05, 3.63) is 40.7 Å². The van der Waals surface area contributed by atoms with Crippen molar-refractivity contribution in [2.75, 3.05) is 33.9 Å². The maximum atomic E-state index is 12.5. The third kappa shape index (κ3) is 4.28. The molecule has 1 amide bonds. The quantitative estimate of drug-likeness (QED) is 0.735. The summed E-state index contributed by atoms with van der Waals surface area (Å²) in [5, 5.41) is 4.30. The average molecular weight is 381 g/mol. The third-order valence-electron chi connectivity index (χ3n) is 4.26. The summed E-state index contributed by atoms with van der Waals surface area (Å²) in [6.45, 7) is 2.16. The molecule has 1 aliphatic rings. The predicted molar refractivity (Wildman–Crippen MR) is 94.7 cm³/mol. The Balaban J connectivity index is 1.57. The minimum atomic E-state index is -0.138. The van der Waals surface area contributed by atoms with Crippen molar-refractivity contribution in [2.24, 2.45) is 5.92 Å². The largest absolute Gasteiger partial charge is 0.497 e. The van der Waals surface area contributed by atoms with Crippen LogP contribution in [0, 0.1) is 5.92 Å². The van der Waals surface area contributed by atoms with Gasteiger partial charge in [0.15, 0.2) is 11.5 Å². The number of halogens is 1. The first-order chi connectivity index (χ1) is 12.6. The Morgan fingerprint density at radius 1 is 1.38 bits per heavy atom. The van der Waals surface area contributed by atoms with Crippen LogP contribution in [-0.2, 0) is 11.3 Å². The maximum absolute atomic E-state index is 12.5. The Labute approximate surface area is 156 Å². The fraction of sp³-hybridized carbons (Fsp3) is 0.444. The van der Waals surface area contributed by atoms with Crippen LogP contribution in [0.2, 0.25) is 5.02 Å². The predicted octanol–water partition coefficient (Wildman–Crippen LogP) is 3.02. The zero-order valence-corrected chi connectivity index (χ0v) is 15.5. The van der Waals surface area contributed by atoms with E-state index in [4.69, 9.17) is 30.3 Å². The van der Waals surface area contributed by atoms with E-state index in [0.717, 1.165) is 6.42 Å². The number of carbonyl (C=O) groups is 1. The minimum Gasteiger partial charge on any atom is -0.497 e. The van der Waals surface area contributed by atoms with Crippen LogP contribution in [0.3, 0.4) is 0 Å². The number of hydrogen-bond donors (Lipinski definition) is 0. The van der Waals surface area contributed by atoms with Gasteiger partial charge in [-0.3, -0.25) is 4.79 Å². The molecule has 26 heavy (non-hydrogen) atoms. The summed E-state index contributed by atoms with van der Waals surface area (Å²) in [5.41, 5.74) is 0.280. The molecule has 1 saturated heterocycles. The Hall–Kier alpha value is -2.25. The van der Waals surface area contributed by atoms with Crippen LogP contribution in [0.15, 0.2) is 28.8 Å². The molecule has 1 aromatic carbocycles. The van der Waals surface area contributed by atoms with Gasteiger partial charge in [0.1, 0.15) is 18.1 Å². The third-order valence-corrected chi connectivity index (χ3v) is 4.56. The number of benzene rings is 1. The summed E-state index contributed by atoms with van der Waals surface area (Å²) in [7, 11) is 3.24. The summed E-state index contributed by atoms with van der Waals surface area (Å²) < 4.78 is 21.1. The lowest BCUT2D eigenvalue weighted by Crippen LogP contribution is -2.29. The molecule has 1 aromatic heterocycles. The summed E-state index contributed by atoms with van der Waals surface area (Å²) in [5.74, 6) is 1.83. The molecule has 2 aromatic rings. The molecule has 0 bridgehead atoms. The number of nitrogens with zero attached hydrogens (tertiary/aromatic N) is 2. The van der Waals surface area contributed by atoms with Crippen molar-refractivity contribution in [2.45, 2.75) is 13.0 Å². The molecule has 0 spiro atoms. The number of likely N-dealkylation sites (tertiary alicyclic amines) is 1. The first-order valence-corrected chi connectivity index (χ1v) is 8.68. The van der Waals surface area contributed by atoms with Gasteiger partial charge >= 0.3 is 0 Å². The number of hydrogen-bond acceptors (Lipinski definition) is 6. The Kier molecular flexibility index (Phi) is 6.00. The molecule has 2 heterocycles. The summed E-state index contributed by atoms with van der Waals surface area (Å²) in [6, 6.07) is 6.73. The smallest absolute Gasteiger partial charge is 0.276 e. The molecule has 0 radical (unpaired) electrons. The highest BCUT2D eigenvalue weighted by Crippen LogP contribution is 2.29. The fourth-order valence-corrected chi connectivity index (χ4v) is 3.13. The standard InChI is InChI=1S/C18H21ClN2O5/c1-23-10-12-5-6-21(9-12)18(22)16-8-14(26-20-16)11-25-17-4-3-13(24-2)7-15(17)19/h3-4,7-8,12H,5-6,9-11H2,1-2H3/t12-/m0/s1. The number of rotatable bonds is 7. The van der Waals surface area contributed by atoms with Crippen molar-refractivity contribution in [1.82, 2.24) is 10.1 Å². The first-order valence-electron chi connectivity index (χ1n) is 8.31. The van der Waals surface area contributed by atoms with E-state index in [1.165, 1.54) is 0 Å². The Morgan fingerprint density at radius 2 is 2.23 bits per heavy atom. The summed E-state index contributed by atoms with van der Waals surface area (Å²) in [6.07, 6.45) is 0.934. The van der Waals surface area contributed by atoms with Crippen LogP contribution in [0.25, 0.3) is 0 Å². The second-order valence-electron chi connectivity index (χ2n) is 6.12. The van der Waals surface area contributed by atoms with Crippen LogP contribution in [0.5, 0.6) is 11.5 Å². The monoisotopic (exact) mass is 380 g/mol. The molecule has 8 heteroatoms. The van der Waals surface area contributed by atoms with Gasteiger partial charge in [-0.1, -0.05) is 16.8 Å². The zero-order valence-electron chi connectivity index (χ0n) is 14.7. The summed E-state index contributed by atoms with van der Waals surface area (Å²) >= 11 is 6.13. The van der Waals surface area contributed by atoms with E-state index in [1.54, 1.807) is 43.4 Å². The van der Waals surface area contributed by atoms with Crippen LogP contribution < -0.4 is 9.47 Å². The van der Waals surface area contributed by atoms with Crippen LogP contribution in [0.1, 0.15) is 22.7 Å². The van der Waals surface area contributed by atoms with Gasteiger partial charge in [-0.2, -0.15) is 0 Å². The highest BCUT2D eigenvalue weighted by Gasteiger charge is 2.28. The lowest BCUT2D eigenvalue weighted by molar-refractivity contribution is 0.0765. The molecule has 1 atom stereocenters. The number of methoxy groups -OCH3 is 2. The SMILES string of the molecule is COC[C@H]1CCN(C(=O)c2cc(COc3ccc(OC)cc3Cl)on2)C1. The van der Waals surface area contributed by atoms with Gasteiger partial charge in [-0.05, 0) is 18.6 Å². The van der Waals surface area contributed by atoms with E-state index in [-0.39, 0.29) is 18.2 Å². The van der Waals surface area contributed by atoms with Gasteiger partial charge < -0.3 is 23.6 Å². The molecule has 0 saturated carbocycles. The van der Waals surface area contributed by atoms with E-state index in [2.05, 4.69) is 5.16 Å². The van der Waals surface area contributed by atoms with Gasteiger partial charge in [0.25, 0.3) is 5.91 Å². The van der Waals surface area contributed by atoms with E-state index in [9.17, 15) is 4.79 Å². The van der Waals surface area contributed by atoms with Crippen LogP contribution in [0.4, 0.5) is 0 Å². The lowest BCUT2D eigenvalue weighted by atomic mass is 10.1. The molecular formula is C18H21ClN2O5. The van der Waals surface area contributed by atoms with Gasteiger partial charge in [0, 0.05) is 38.2 Å². The van der Waals surface area contributed by atoms with E-state index < -0.39 is 0 Å². The molecule has 140 valence electrons. The van der Waals surface area contributed by atoms with Crippen molar-refractivity contribution >= 4 is 17.5 Å². The topological polar surface area (TPSA) is 74.0 Å². The Bertz CT molecular complexity index is 764. The van der Waals surface area contributed by atoms with Gasteiger partial charge in [0.05, 0.1) is 18.7 Å². The highest BCUT2D eigenvalue weighted by atomic mass is 35.5. The van der Waals surface area contributed by atoms with Gasteiger partial charge in [-0.25, -0.2) is 0 Å². The molecule has 1 fully saturated rings. The second kappa shape index (κ2) is 8.42. The van der Waals surface area contributed by atoms with Crippen molar-refractivity contribution < 1.29 is 23.5 Å². The maximum Gasteiger partial charge on any atom is 0.276 e. The van der Waals surface area contributed by atoms with Crippen molar-refractivity contribution in [1.29, 1.82) is 0 Å². The van der Waals surface area contributed by atoms with E-state index in [1.807, 2.05) is 0 Å². The fourth-order valence-electron chi connectivity index (χ4n) is 2.91. The summed E-state index contributed by atoms with van der Waals surface area (Å²) in [4.78, 5) is 14.3. The van der Waals surface area contributed by atoms with Crippen LogP contribution in [-0.4, -0.2) is 49.9 Å². The molecule has 0 aliphatic carbocycles. The molecule has 7 nitrogen and oxygen atoms in total. The molecule has 0 N–H and O–H groups in total. The van der Waals surface area contributed by atoms with Gasteiger partial charge in [0.2, 0.25) is 0 Å². The molecular weight excluding hydrogens is 360 g/mol. The zero-order chi connectivity index (χ0) is 18.5. The van der Waals surface area contributed by atoms with E-state index >= 15 is 0 Å². The minimum absolute atomic E-state index is 0.124. The molecule has 3 rings (SSSR count). The second-order valence-corrected chi connectivity index (χ2v) is 6.53. The first kappa shape index (κ1) is 18.5. The van der Waals surface area contributed by atoms with Crippen LogP contribution >= 0.6 is 11.6 Å². The lowest BCUT2D eigenvalue weighted by Gasteiger charge is -2.14. The van der Waals surface area contributed by atoms with E-state index in [0.29, 0.717) is 47.9 Å². The number of ether oxygens (including phenoxy) is 3. The number of amides is 1. The Morgan fingerprint density at radius 3 is 2.96 bits per heavy atom. The molecule has 0 unspecified atom stereocenters. The van der Waals surface area contributed by atoms with Crippen molar-refractivity contribution in [3.8, 4) is 11.5 Å². The van der Waals surface area contributed by atoms with Gasteiger partial charge in [-0.15, -0.1) is 0 Å². The average Bonchev–Trinajstić information content (AvgIpc) is 3.30. The normalized spacial score (nSPS) is 16.7. The van der Waals surface area contributed by atoms with Crippen molar-refractivity contribution in [3.63, 3.8) is 0 Å².